The molecule has 4 nitrogen and oxygen atoms in total. The van der Waals surface area contributed by atoms with Gasteiger partial charge in [-0.1, -0.05) is 65.5 Å². The van der Waals surface area contributed by atoms with Crippen LogP contribution in [0.5, 0.6) is 0 Å². The molecule has 184 valence electrons. The number of phosphoric ester groups is 1. The van der Waals surface area contributed by atoms with E-state index in [4.69, 9.17) is 4.52 Å². The van der Waals surface area contributed by atoms with Gasteiger partial charge in [-0.25, -0.2) is 4.57 Å². The van der Waals surface area contributed by atoms with Crippen molar-refractivity contribution >= 4 is 7.82 Å². The van der Waals surface area contributed by atoms with Crippen LogP contribution in [0.1, 0.15) is 105 Å². The first-order chi connectivity index (χ1) is 14.9. The summed E-state index contributed by atoms with van der Waals surface area (Å²) in [5.41, 5.74) is 2.12. The Hall–Kier alpha value is -0.150. The molecule has 0 aliphatic heterocycles. The predicted octanol–water partition coefficient (Wildman–Crippen LogP) is 7.51. The molecule has 0 aromatic heterocycles. The van der Waals surface area contributed by atoms with Crippen molar-refractivity contribution < 1.29 is 18.9 Å². The van der Waals surface area contributed by atoms with Gasteiger partial charge in [0.2, 0.25) is 0 Å². The van der Waals surface area contributed by atoms with E-state index in [0.29, 0.717) is 11.8 Å². The van der Waals surface area contributed by atoms with Crippen LogP contribution in [0.3, 0.4) is 0 Å². The Balaban J connectivity index is 1.46. The fraction of sp³-hybridized carbons (Fsp3) is 0.926. The Kier molecular flexibility index (Phi) is 7.13. The Morgan fingerprint density at radius 3 is 2.50 bits per heavy atom. The van der Waals surface area contributed by atoms with Crippen LogP contribution in [0.2, 0.25) is 0 Å². The summed E-state index contributed by atoms with van der Waals surface area (Å²) in [5.74, 6) is 4.89. The monoisotopic (exact) mass is 466 g/mol. The molecule has 4 rings (SSSR count). The quantitative estimate of drug-likeness (QED) is 0.301. The fourth-order valence-corrected chi connectivity index (χ4v) is 9.50. The van der Waals surface area contributed by atoms with Crippen molar-refractivity contribution in [2.45, 2.75) is 111 Å². The second kappa shape index (κ2) is 9.14. The molecule has 0 saturated heterocycles. The number of hydrogen-bond donors (Lipinski definition) is 2. The van der Waals surface area contributed by atoms with Crippen LogP contribution in [-0.2, 0) is 9.09 Å². The summed E-state index contributed by atoms with van der Waals surface area (Å²) >= 11 is 0. The maximum atomic E-state index is 11.4. The number of rotatable bonds is 7. The Labute approximate surface area is 196 Å². The molecule has 0 aromatic carbocycles. The second-order valence-corrected chi connectivity index (χ2v) is 13.9. The molecule has 0 aromatic rings. The van der Waals surface area contributed by atoms with E-state index in [9.17, 15) is 14.4 Å². The van der Waals surface area contributed by atoms with E-state index in [1.807, 2.05) is 0 Å². The Bertz CT molecular complexity index is 757. The van der Waals surface area contributed by atoms with Crippen LogP contribution >= 0.6 is 7.82 Å². The molecule has 0 amide bonds. The molecule has 2 N–H and O–H groups in total. The molecule has 0 spiro atoms. The van der Waals surface area contributed by atoms with Gasteiger partial charge >= 0.3 is 7.82 Å². The number of fused-ring (bicyclic) bond motifs is 5. The van der Waals surface area contributed by atoms with E-state index < -0.39 is 7.82 Å². The van der Waals surface area contributed by atoms with Crippen molar-refractivity contribution in [3.63, 3.8) is 0 Å². The standard InChI is InChI=1S/C27H47O4P/c1-18(2)7-6-8-19(3)23-11-12-24-22-10-9-20-17-21(31-32(28,29)30)13-15-26(20,4)25(22)14-16-27(23,24)5/h9,18-19,21-25H,6-8,10-17H2,1-5H3,(H2,28,29,30)/t19-,21+,22?,23-,24+,25+,26+,27-/m1/s1. The van der Waals surface area contributed by atoms with Crippen molar-refractivity contribution in [1.29, 1.82) is 0 Å². The van der Waals surface area contributed by atoms with Crippen LogP contribution < -0.4 is 0 Å². The third kappa shape index (κ3) is 4.68. The SMILES string of the molecule is CC(C)CCC[C@@H](C)[C@H]1CC[C@H]2C3CC=C4C[C@@H](OP(=O)(O)O)CC[C@]4(C)[C@H]3CC[C@]12C. The first kappa shape index (κ1) is 25.0. The van der Waals surface area contributed by atoms with Crippen molar-refractivity contribution in [3.05, 3.63) is 11.6 Å². The number of phosphoric acid groups is 1. The van der Waals surface area contributed by atoms with Crippen LogP contribution in [0.15, 0.2) is 11.6 Å². The molecule has 0 bridgehead atoms. The molecular weight excluding hydrogens is 419 g/mol. The highest BCUT2D eigenvalue weighted by Crippen LogP contribution is 2.67. The van der Waals surface area contributed by atoms with Crippen LogP contribution in [0.4, 0.5) is 0 Å². The van der Waals surface area contributed by atoms with Crippen LogP contribution in [0.25, 0.3) is 0 Å². The highest BCUT2D eigenvalue weighted by Gasteiger charge is 2.59. The van der Waals surface area contributed by atoms with Gasteiger partial charge in [0.1, 0.15) is 0 Å². The first-order valence-corrected chi connectivity index (χ1v) is 14.9. The lowest BCUT2D eigenvalue weighted by Gasteiger charge is -2.58. The van der Waals surface area contributed by atoms with Crippen LogP contribution in [-0.4, -0.2) is 15.9 Å². The van der Waals surface area contributed by atoms with E-state index in [1.54, 1.807) is 0 Å². The zero-order valence-electron chi connectivity index (χ0n) is 21.1. The highest BCUT2D eigenvalue weighted by atomic mass is 31.2. The third-order valence-electron chi connectivity index (χ3n) is 10.5. The lowest BCUT2D eigenvalue weighted by Crippen LogP contribution is -2.50. The maximum absolute atomic E-state index is 11.4. The maximum Gasteiger partial charge on any atom is 0.469 e. The van der Waals surface area contributed by atoms with Gasteiger partial charge < -0.3 is 9.79 Å². The topological polar surface area (TPSA) is 66.8 Å². The predicted molar refractivity (Wildman–Crippen MR) is 130 cm³/mol. The summed E-state index contributed by atoms with van der Waals surface area (Å²) in [6, 6.07) is 0. The first-order valence-electron chi connectivity index (χ1n) is 13.4. The second-order valence-electron chi connectivity index (χ2n) is 12.8. The Morgan fingerprint density at radius 1 is 1.06 bits per heavy atom. The average molecular weight is 467 g/mol. The summed E-state index contributed by atoms with van der Waals surface area (Å²) < 4.78 is 16.5. The summed E-state index contributed by atoms with van der Waals surface area (Å²) in [4.78, 5) is 18.5. The van der Waals surface area contributed by atoms with Gasteiger partial charge in [0.05, 0.1) is 6.10 Å². The van der Waals surface area contributed by atoms with E-state index in [1.165, 1.54) is 50.5 Å². The zero-order chi connectivity index (χ0) is 23.3. The van der Waals surface area contributed by atoms with Gasteiger partial charge in [0.25, 0.3) is 0 Å². The molecule has 8 atom stereocenters. The molecule has 0 radical (unpaired) electrons. The van der Waals surface area contributed by atoms with Crippen molar-refractivity contribution in [2.75, 3.05) is 0 Å². The van der Waals surface area contributed by atoms with Gasteiger partial charge in [-0.05, 0) is 97.7 Å². The number of allylic oxidation sites excluding steroid dienone is 1. The highest BCUT2D eigenvalue weighted by molar-refractivity contribution is 7.46. The summed E-state index contributed by atoms with van der Waals surface area (Å²) in [5, 5.41) is 0. The minimum absolute atomic E-state index is 0.194. The number of hydrogen-bond acceptors (Lipinski definition) is 2. The van der Waals surface area contributed by atoms with Crippen LogP contribution in [0, 0.1) is 46.3 Å². The van der Waals surface area contributed by atoms with Crippen molar-refractivity contribution in [2.24, 2.45) is 46.3 Å². The molecular formula is C27H47O4P. The molecule has 5 heteroatoms. The molecule has 0 heterocycles. The molecule has 1 unspecified atom stereocenters. The molecule has 32 heavy (non-hydrogen) atoms. The van der Waals surface area contributed by atoms with E-state index in [0.717, 1.165) is 54.8 Å². The smallest absolute Gasteiger partial charge is 0.303 e. The van der Waals surface area contributed by atoms with Gasteiger partial charge in [-0.15, -0.1) is 0 Å². The van der Waals surface area contributed by atoms with Gasteiger partial charge in [-0.2, -0.15) is 0 Å². The third-order valence-corrected chi connectivity index (χ3v) is 11.1. The van der Waals surface area contributed by atoms with Gasteiger partial charge in [-0.3, -0.25) is 4.52 Å². The summed E-state index contributed by atoms with van der Waals surface area (Å²) in [6.45, 7) is 12.3. The zero-order valence-corrected chi connectivity index (χ0v) is 21.9. The van der Waals surface area contributed by atoms with Crippen molar-refractivity contribution in [3.8, 4) is 0 Å². The Morgan fingerprint density at radius 2 is 1.81 bits per heavy atom. The minimum Gasteiger partial charge on any atom is -0.303 e. The fourth-order valence-electron chi connectivity index (χ4n) is 8.94. The average Bonchev–Trinajstić information content (AvgIpc) is 3.04. The molecule has 4 aliphatic rings. The summed E-state index contributed by atoms with van der Waals surface area (Å²) in [7, 11) is -4.41. The van der Waals surface area contributed by atoms with Gasteiger partial charge in [0, 0.05) is 0 Å². The van der Waals surface area contributed by atoms with E-state index >= 15 is 0 Å². The minimum atomic E-state index is -4.41. The lowest BCUT2D eigenvalue weighted by molar-refractivity contribution is -0.0570. The normalized spacial score (nSPS) is 42.8. The lowest BCUT2D eigenvalue weighted by atomic mass is 9.47. The van der Waals surface area contributed by atoms with E-state index in [-0.39, 0.29) is 11.5 Å². The largest absolute Gasteiger partial charge is 0.469 e. The van der Waals surface area contributed by atoms with Gasteiger partial charge in [0.15, 0.2) is 0 Å². The molecule has 3 saturated carbocycles. The summed E-state index contributed by atoms with van der Waals surface area (Å²) in [6.07, 6.45) is 15.4. The van der Waals surface area contributed by atoms with E-state index in [2.05, 4.69) is 40.7 Å². The molecule has 4 aliphatic carbocycles. The molecule has 3 fully saturated rings. The van der Waals surface area contributed by atoms with Crippen molar-refractivity contribution in [1.82, 2.24) is 0 Å².